The molecule has 2 rings (SSSR count). The molecule has 0 saturated carbocycles. The molecule has 90 valence electrons. The monoisotopic (exact) mass is 247 g/mol. The summed E-state index contributed by atoms with van der Waals surface area (Å²) in [7, 11) is 1.70. The highest BCUT2D eigenvalue weighted by atomic mass is 32.1. The van der Waals surface area contributed by atoms with Gasteiger partial charge < -0.3 is 10.1 Å². The first-order valence-corrected chi connectivity index (χ1v) is 6.50. The van der Waals surface area contributed by atoms with E-state index in [1.54, 1.807) is 18.4 Å². The number of anilines is 1. The van der Waals surface area contributed by atoms with E-state index in [-0.39, 0.29) is 0 Å². The van der Waals surface area contributed by atoms with Crippen LogP contribution < -0.4 is 10.1 Å². The molecule has 0 atom stereocenters. The quantitative estimate of drug-likeness (QED) is 0.882. The van der Waals surface area contributed by atoms with Crippen LogP contribution in [-0.2, 0) is 6.54 Å². The van der Waals surface area contributed by atoms with Gasteiger partial charge in [-0.25, -0.2) is 0 Å². The van der Waals surface area contributed by atoms with E-state index in [2.05, 4.69) is 42.7 Å². The van der Waals surface area contributed by atoms with Gasteiger partial charge in [0.25, 0.3) is 0 Å². The molecule has 0 spiro atoms. The van der Waals surface area contributed by atoms with Crippen molar-refractivity contribution >= 4 is 17.0 Å². The fourth-order valence-electron chi connectivity index (χ4n) is 1.71. The van der Waals surface area contributed by atoms with Crippen LogP contribution in [0, 0.1) is 13.8 Å². The van der Waals surface area contributed by atoms with Crippen LogP contribution in [0.5, 0.6) is 5.75 Å². The van der Waals surface area contributed by atoms with E-state index in [1.165, 1.54) is 16.0 Å². The predicted octanol–water partition coefficient (Wildman–Crippen LogP) is 3.99. The lowest BCUT2D eigenvalue weighted by molar-refractivity contribution is 0.416. The Morgan fingerprint density at radius 2 is 2.06 bits per heavy atom. The number of benzene rings is 1. The molecule has 0 saturated heterocycles. The second-order valence-corrected chi connectivity index (χ2v) is 5.08. The molecule has 1 aromatic carbocycles. The van der Waals surface area contributed by atoms with Gasteiger partial charge in [0.15, 0.2) is 0 Å². The highest BCUT2D eigenvalue weighted by molar-refractivity contribution is 7.10. The summed E-state index contributed by atoms with van der Waals surface area (Å²) >= 11 is 1.78. The molecule has 0 amide bonds. The average Bonchev–Trinajstić information content (AvgIpc) is 2.73. The summed E-state index contributed by atoms with van der Waals surface area (Å²) in [5, 5.41) is 5.54. The fraction of sp³-hybridized carbons (Fsp3) is 0.286. The van der Waals surface area contributed by atoms with Gasteiger partial charge in [0.1, 0.15) is 5.75 Å². The maximum absolute atomic E-state index is 5.37. The first-order valence-electron chi connectivity index (χ1n) is 5.62. The SMILES string of the molecule is COc1cc(C)ccc1NCc1sccc1C. The molecule has 2 nitrogen and oxygen atoms in total. The summed E-state index contributed by atoms with van der Waals surface area (Å²) in [5.41, 5.74) is 3.60. The minimum absolute atomic E-state index is 0.850. The lowest BCUT2D eigenvalue weighted by Crippen LogP contribution is -2.01. The van der Waals surface area contributed by atoms with Crippen molar-refractivity contribution in [3.63, 3.8) is 0 Å². The Morgan fingerprint density at radius 1 is 1.24 bits per heavy atom. The van der Waals surface area contributed by atoms with Crippen molar-refractivity contribution in [1.29, 1.82) is 0 Å². The topological polar surface area (TPSA) is 21.3 Å². The lowest BCUT2D eigenvalue weighted by Gasteiger charge is -2.11. The molecule has 0 aliphatic rings. The van der Waals surface area contributed by atoms with E-state index in [0.717, 1.165) is 18.0 Å². The molecular weight excluding hydrogens is 230 g/mol. The predicted molar refractivity (Wildman–Crippen MR) is 74.1 cm³/mol. The van der Waals surface area contributed by atoms with Crippen molar-refractivity contribution in [2.24, 2.45) is 0 Å². The average molecular weight is 247 g/mol. The van der Waals surface area contributed by atoms with Gasteiger partial charge >= 0.3 is 0 Å². The molecule has 0 aliphatic carbocycles. The summed E-state index contributed by atoms with van der Waals surface area (Å²) in [5.74, 6) is 0.902. The second kappa shape index (κ2) is 5.23. The molecule has 3 heteroatoms. The number of rotatable bonds is 4. The molecule has 0 unspecified atom stereocenters. The van der Waals surface area contributed by atoms with Crippen LogP contribution >= 0.6 is 11.3 Å². The largest absolute Gasteiger partial charge is 0.495 e. The molecule has 0 aliphatic heterocycles. The fourth-order valence-corrected chi connectivity index (χ4v) is 2.55. The highest BCUT2D eigenvalue weighted by Gasteiger charge is 2.04. The van der Waals surface area contributed by atoms with Crippen LogP contribution in [0.15, 0.2) is 29.6 Å². The Kier molecular flexibility index (Phi) is 3.69. The number of methoxy groups -OCH3 is 1. The maximum Gasteiger partial charge on any atom is 0.142 e. The number of nitrogens with one attached hydrogen (secondary N) is 1. The minimum Gasteiger partial charge on any atom is -0.495 e. The summed E-state index contributed by atoms with van der Waals surface area (Å²) in [4.78, 5) is 1.37. The maximum atomic E-state index is 5.37. The molecule has 0 bridgehead atoms. The number of aryl methyl sites for hydroxylation is 2. The Balaban J connectivity index is 2.11. The molecule has 0 fully saturated rings. The zero-order valence-corrected chi connectivity index (χ0v) is 11.2. The lowest BCUT2D eigenvalue weighted by atomic mass is 10.2. The van der Waals surface area contributed by atoms with E-state index < -0.39 is 0 Å². The zero-order valence-electron chi connectivity index (χ0n) is 10.4. The Labute approximate surface area is 106 Å². The molecule has 0 radical (unpaired) electrons. The van der Waals surface area contributed by atoms with Gasteiger partial charge in [0.05, 0.1) is 12.8 Å². The number of hydrogen-bond acceptors (Lipinski definition) is 3. The van der Waals surface area contributed by atoms with Crippen molar-refractivity contribution in [3.05, 3.63) is 45.6 Å². The van der Waals surface area contributed by atoms with E-state index in [4.69, 9.17) is 4.74 Å². The third kappa shape index (κ3) is 2.80. The van der Waals surface area contributed by atoms with Crippen LogP contribution in [0.3, 0.4) is 0 Å². The first kappa shape index (κ1) is 12.0. The van der Waals surface area contributed by atoms with Gasteiger partial charge in [0, 0.05) is 11.4 Å². The van der Waals surface area contributed by atoms with E-state index in [9.17, 15) is 0 Å². The van der Waals surface area contributed by atoms with E-state index >= 15 is 0 Å². The summed E-state index contributed by atoms with van der Waals surface area (Å²) in [6.45, 7) is 5.05. The molecule has 1 N–H and O–H groups in total. The Bertz CT molecular complexity index is 505. The van der Waals surface area contributed by atoms with Crippen molar-refractivity contribution in [2.75, 3.05) is 12.4 Å². The van der Waals surface area contributed by atoms with Crippen molar-refractivity contribution < 1.29 is 4.74 Å². The third-order valence-electron chi connectivity index (χ3n) is 2.76. The zero-order chi connectivity index (χ0) is 12.3. The van der Waals surface area contributed by atoms with Gasteiger partial charge in [-0.2, -0.15) is 0 Å². The van der Waals surface area contributed by atoms with Gasteiger partial charge in [-0.15, -0.1) is 11.3 Å². The standard InChI is InChI=1S/C14H17NOS/c1-10-4-5-12(13(8-10)16-3)15-9-14-11(2)6-7-17-14/h4-8,15H,9H2,1-3H3. The normalized spacial score (nSPS) is 10.3. The molecule has 2 aromatic rings. The van der Waals surface area contributed by atoms with Gasteiger partial charge in [-0.3, -0.25) is 0 Å². The number of thiophene rings is 1. The number of ether oxygens (including phenoxy) is 1. The van der Waals surface area contributed by atoms with E-state index in [0.29, 0.717) is 0 Å². The smallest absolute Gasteiger partial charge is 0.142 e. The Morgan fingerprint density at radius 3 is 2.71 bits per heavy atom. The number of hydrogen-bond donors (Lipinski definition) is 1. The third-order valence-corrected chi connectivity index (χ3v) is 3.79. The summed E-state index contributed by atoms with van der Waals surface area (Å²) < 4.78 is 5.37. The summed E-state index contributed by atoms with van der Waals surface area (Å²) in [6, 6.07) is 8.35. The van der Waals surface area contributed by atoms with Crippen LogP contribution in [-0.4, -0.2) is 7.11 Å². The van der Waals surface area contributed by atoms with Crippen LogP contribution in [0.4, 0.5) is 5.69 Å². The Hall–Kier alpha value is -1.48. The van der Waals surface area contributed by atoms with Gasteiger partial charge in [-0.05, 0) is 48.6 Å². The van der Waals surface area contributed by atoms with Crippen LogP contribution in [0.1, 0.15) is 16.0 Å². The molecular formula is C14H17NOS. The van der Waals surface area contributed by atoms with Crippen molar-refractivity contribution in [1.82, 2.24) is 0 Å². The van der Waals surface area contributed by atoms with Crippen molar-refractivity contribution in [2.45, 2.75) is 20.4 Å². The molecule has 1 aromatic heterocycles. The van der Waals surface area contributed by atoms with Gasteiger partial charge in [-0.1, -0.05) is 6.07 Å². The minimum atomic E-state index is 0.850. The van der Waals surface area contributed by atoms with Crippen molar-refractivity contribution in [3.8, 4) is 5.75 Å². The second-order valence-electron chi connectivity index (χ2n) is 4.08. The highest BCUT2D eigenvalue weighted by Crippen LogP contribution is 2.26. The van der Waals surface area contributed by atoms with E-state index in [1.807, 2.05) is 6.07 Å². The van der Waals surface area contributed by atoms with Gasteiger partial charge in [0.2, 0.25) is 0 Å². The summed E-state index contributed by atoms with van der Waals surface area (Å²) in [6.07, 6.45) is 0. The van der Waals surface area contributed by atoms with Crippen LogP contribution in [0.25, 0.3) is 0 Å². The first-order chi connectivity index (χ1) is 8.20. The molecule has 17 heavy (non-hydrogen) atoms. The molecule has 1 heterocycles. The van der Waals surface area contributed by atoms with Crippen LogP contribution in [0.2, 0.25) is 0 Å².